The highest BCUT2D eigenvalue weighted by molar-refractivity contribution is 5.25. The molecule has 1 aromatic heterocycles. The minimum Gasteiger partial charge on any atom is -0.493 e. The van der Waals surface area contributed by atoms with Crippen molar-refractivity contribution in [2.45, 2.75) is 26.2 Å². The minimum absolute atomic E-state index is 0.220. The Labute approximate surface area is 110 Å². The lowest BCUT2D eigenvalue weighted by atomic mass is 10.1. The summed E-state index contributed by atoms with van der Waals surface area (Å²) in [6.07, 6.45) is 1.59. The lowest BCUT2D eigenvalue weighted by Crippen LogP contribution is -2.17. The molecule has 0 unspecified atom stereocenters. The summed E-state index contributed by atoms with van der Waals surface area (Å²) in [6.45, 7) is 1.92. The van der Waals surface area contributed by atoms with E-state index in [2.05, 4.69) is 9.97 Å². The van der Waals surface area contributed by atoms with E-state index >= 15 is 0 Å². The van der Waals surface area contributed by atoms with E-state index in [9.17, 15) is 14.3 Å². The molecule has 1 heterocycles. The van der Waals surface area contributed by atoms with Crippen LogP contribution in [0.1, 0.15) is 30.3 Å². The predicted molar refractivity (Wildman–Crippen MR) is 69.7 cm³/mol. The summed E-state index contributed by atoms with van der Waals surface area (Å²) in [5.41, 5.74) is 0.809. The normalized spacial score (nSPS) is 10.6. The zero-order chi connectivity index (χ0) is 13.8. The average molecular weight is 262 g/mol. The second-order valence-corrected chi connectivity index (χ2v) is 4.37. The third-order valence-corrected chi connectivity index (χ3v) is 2.83. The number of H-pyrrole nitrogens is 1. The minimum atomic E-state index is -0.314. The van der Waals surface area contributed by atoms with Gasteiger partial charge in [0, 0.05) is 6.42 Å². The lowest BCUT2D eigenvalue weighted by Gasteiger charge is -2.05. The Balaban J connectivity index is 2.27. The first-order valence-corrected chi connectivity index (χ1v) is 6.15. The lowest BCUT2D eigenvalue weighted by molar-refractivity contribution is 0.439. The van der Waals surface area contributed by atoms with Gasteiger partial charge in [0.05, 0.1) is 5.56 Å². The van der Waals surface area contributed by atoms with Crippen LogP contribution in [0.15, 0.2) is 29.1 Å². The van der Waals surface area contributed by atoms with Gasteiger partial charge in [0.2, 0.25) is 5.88 Å². The molecule has 100 valence electrons. The van der Waals surface area contributed by atoms with Crippen molar-refractivity contribution in [2.24, 2.45) is 0 Å². The molecule has 0 fully saturated rings. The average Bonchev–Trinajstić information content (AvgIpc) is 2.37. The molecule has 4 nitrogen and oxygen atoms in total. The molecule has 19 heavy (non-hydrogen) atoms. The Bertz CT molecular complexity index is 620. The van der Waals surface area contributed by atoms with Crippen LogP contribution in [0.25, 0.3) is 0 Å². The quantitative estimate of drug-likeness (QED) is 0.887. The van der Waals surface area contributed by atoms with Gasteiger partial charge in [0.1, 0.15) is 11.6 Å². The molecular formula is C14H15FN2O2. The maximum Gasteiger partial charge on any atom is 0.257 e. The number of aromatic amines is 1. The fraction of sp³-hybridized carbons (Fsp3) is 0.286. The Hall–Kier alpha value is -2.17. The van der Waals surface area contributed by atoms with Gasteiger partial charge in [-0.3, -0.25) is 4.79 Å². The standard InChI is InChI=1S/C14H15FN2O2/c1-2-3-11-13(18)16-12(17-14(11)19)8-9-4-6-10(15)7-5-9/h4-7H,2-3,8H2,1H3,(H2,16,17,18,19). The van der Waals surface area contributed by atoms with Gasteiger partial charge in [-0.05, 0) is 24.1 Å². The monoisotopic (exact) mass is 262 g/mol. The van der Waals surface area contributed by atoms with Crippen LogP contribution in [0.5, 0.6) is 5.88 Å². The van der Waals surface area contributed by atoms with Crippen molar-refractivity contribution in [3.63, 3.8) is 0 Å². The van der Waals surface area contributed by atoms with Crippen molar-refractivity contribution >= 4 is 0 Å². The number of halogens is 1. The van der Waals surface area contributed by atoms with Crippen molar-refractivity contribution < 1.29 is 9.50 Å². The van der Waals surface area contributed by atoms with Gasteiger partial charge in [-0.1, -0.05) is 25.5 Å². The Kier molecular flexibility index (Phi) is 3.94. The van der Waals surface area contributed by atoms with Crippen molar-refractivity contribution in [1.82, 2.24) is 9.97 Å². The third-order valence-electron chi connectivity index (χ3n) is 2.83. The molecule has 1 aromatic carbocycles. The summed E-state index contributed by atoms with van der Waals surface area (Å²) in [6, 6.07) is 5.93. The number of hydrogen-bond acceptors (Lipinski definition) is 3. The zero-order valence-corrected chi connectivity index (χ0v) is 10.6. The topological polar surface area (TPSA) is 66.0 Å². The number of benzene rings is 1. The largest absolute Gasteiger partial charge is 0.493 e. The summed E-state index contributed by atoms with van der Waals surface area (Å²) in [5, 5.41) is 9.73. The van der Waals surface area contributed by atoms with Crippen LogP contribution >= 0.6 is 0 Å². The van der Waals surface area contributed by atoms with Gasteiger partial charge in [0.15, 0.2) is 0 Å². The molecule has 0 aliphatic carbocycles. The fourth-order valence-electron chi connectivity index (χ4n) is 1.89. The Morgan fingerprint density at radius 3 is 2.58 bits per heavy atom. The molecule has 0 saturated heterocycles. The predicted octanol–water partition coefficient (Wildman–Crippen LogP) is 2.16. The second-order valence-electron chi connectivity index (χ2n) is 4.37. The smallest absolute Gasteiger partial charge is 0.257 e. The van der Waals surface area contributed by atoms with E-state index < -0.39 is 0 Å². The van der Waals surface area contributed by atoms with E-state index in [0.29, 0.717) is 24.2 Å². The number of aromatic nitrogens is 2. The van der Waals surface area contributed by atoms with Gasteiger partial charge in [-0.2, -0.15) is 4.98 Å². The molecule has 0 bridgehead atoms. The molecule has 0 radical (unpaired) electrons. The number of nitrogens with zero attached hydrogens (tertiary/aromatic N) is 1. The molecule has 2 N–H and O–H groups in total. The van der Waals surface area contributed by atoms with Gasteiger partial charge in [-0.15, -0.1) is 0 Å². The molecular weight excluding hydrogens is 247 g/mol. The maximum absolute atomic E-state index is 12.8. The number of hydrogen-bond donors (Lipinski definition) is 2. The Morgan fingerprint density at radius 1 is 1.32 bits per heavy atom. The number of rotatable bonds is 4. The summed E-state index contributed by atoms with van der Waals surface area (Å²) in [5.74, 6) is -0.164. The van der Waals surface area contributed by atoms with Crippen molar-refractivity contribution in [3.8, 4) is 5.88 Å². The van der Waals surface area contributed by atoms with Gasteiger partial charge >= 0.3 is 0 Å². The van der Waals surface area contributed by atoms with Crippen LogP contribution < -0.4 is 5.56 Å². The van der Waals surface area contributed by atoms with Gasteiger partial charge < -0.3 is 10.1 Å². The van der Waals surface area contributed by atoms with E-state index in [-0.39, 0.29) is 17.3 Å². The maximum atomic E-state index is 12.8. The molecule has 0 saturated carbocycles. The SMILES string of the molecule is CCCc1c(O)nc(Cc2ccc(F)cc2)[nH]c1=O. The number of aromatic hydroxyl groups is 1. The van der Waals surface area contributed by atoms with Crippen molar-refractivity contribution in [1.29, 1.82) is 0 Å². The van der Waals surface area contributed by atoms with E-state index in [0.717, 1.165) is 12.0 Å². The Morgan fingerprint density at radius 2 is 2.00 bits per heavy atom. The first-order valence-electron chi connectivity index (χ1n) is 6.15. The molecule has 2 aromatic rings. The van der Waals surface area contributed by atoms with Crippen LogP contribution in [0.2, 0.25) is 0 Å². The molecule has 0 spiro atoms. The van der Waals surface area contributed by atoms with Crippen molar-refractivity contribution in [3.05, 3.63) is 57.4 Å². The summed E-state index contributed by atoms with van der Waals surface area (Å²) < 4.78 is 12.8. The summed E-state index contributed by atoms with van der Waals surface area (Å²) >= 11 is 0. The zero-order valence-electron chi connectivity index (χ0n) is 10.6. The highest BCUT2D eigenvalue weighted by Gasteiger charge is 2.10. The fourth-order valence-corrected chi connectivity index (χ4v) is 1.89. The highest BCUT2D eigenvalue weighted by atomic mass is 19.1. The first-order chi connectivity index (χ1) is 9.10. The van der Waals surface area contributed by atoms with Crippen LogP contribution in [0.4, 0.5) is 4.39 Å². The van der Waals surface area contributed by atoms with E-state index in [4.69, 9.17) is 0 Å². The van der Waals surface area contributed by atoms with Crippen LogP contribution in [-0.2, 0) is 12.8 Å². The third kappa shape index (κ3) is 3.19. The molecule has 0 aliphatic rings. The van der Waals surface area contributed by atoms with Crippen LogP contribution in [0, 0.1) is 5.82 Å². The first kappa shape index (κ1) is 13.3. The van der Waals surface area contributed by atoms with E-state index in [1.165, 1.54) is 12.1 Å². The highest BCUT2D eigenvalue weighted by Crippen LogP contribution is 2.13. The molecule has 5 heteroatoms. The van der Waals surface area contributed by atoms with Crippen molar-refractivity contribution in [2.75, 3.05) is 0 Å². The van der Waals surface area contributed by atoms with Crippen LogP contribution in [-0.4, -0.2) is 15.1 Å². The summed E-state index contributed by atoms with van der Waals surface area (Å²) in [4.78, 5) is 18.4. The summed E-state index contributed by atoms with van der Waals surface area (Å²) in [7, 11) is 0. The van der Waals surface area contributed by atoms with Gasteiger partial charge in [-0.25, -0.2) is 4.39 Å². The molecule has 0 aliphatic heterocycles. The van der Waals surface area contributed by atoms with E-state index in [1.54, 1.807) is 12.1 Å². The number of nitrogens with one attached hydrogen (secondary N) is 1. The molecule has 0 amide bonds. The van der Waals surface area contributed by atoms with Crippen LogP contribution in [0.3, 0.4) is 0 Å². The second kappa shape index (κ2) is 5.65. The molecule has 0 atom stereocenters. The molecule has 2 rings (SSSR count). The van der Waals surface area contributed by atoms with E-state index in [1.807, 2.05) is 6.92 Å². The van der Waals surface area contributed by atoms with Gasteiger partial charge in [0.25, 0.3) is 5.56 Å².